The summed E-state index contributed by atoms with van der Waals surface area (Å²) in [5.74, 6) is 3.68. The van der Waals surface area contributed by atoms with Crippen LogP contribution in [-0.4, -0.2) is 70.2 Å². The molecule has 0 radical (unpaired) electrons. The standard InChI is InChI=1S/C20H31N7O/c1-2-21-20(22-13-18-23-19(25-24-18)17-7-6-12-28-17)27-11-8-16(15-27)14-26-9-4-3-5-10-26/h6-7,12,16H,2-5,8-11,13-15H2,1H3,(H,21,22)(H,23,24,25). The fourth-order valence-corrected chi connectivity index (χ4v) is 4.14. The van der Waals surface area contributed by atoms with Gasteiger partial charge in [-0.05, 0) is 57.3 Å². The van der Waals surface area contributed by atoms with Crippen molar-refractivity contribution in [3.8, 4) is 11.6 Å². The maximum absolute atomic E-state index is 5.35. The van der Waals surface area contributed by atoms with Crippen LogP contribution in [-0.2, 0) is 6.54 Å². The highest BCUT2D eigenvalue weighted by atomic mass is 16.3. The van der Waals surface area contributed by atoms with Gasteiger partial charge in [0, 0.05) is 26.2 Å². The van der Waals surface area contributed by atoms with Crippen LogP contribution in [0.2, 0.25) is 0 Å². The Morgan fingerprint density at radius 1 is 1.32 bits per heavy atom. The van der Waals surface area contributed by atoms with Gasteiger partial charge in [-0.15, -0.1) is 5.10 Å². The number of rotatable bonds is 6. The first-order valence-corrected chi connectivity index (χ1v) is 10.5. The van der Waals surface area contributed by atoms with Crippen molar-refractivity contribution in [2.75, 3.05) is 39.3 Å². The Morgan fingerprint density at radius 3 is 3.00 bits per heavy atom. The van der Waals surface area contributed by atoms with Crippen molar-refractivity contribution >= 4 is 5.96 Å². The minimum absolute atomic E-state index is 0.476. The predicted molar refractivity (Wildman–Crippen MR) is 109 cm³/mol. The van der Waals surface area contributed by atoms with Gasteiger partial charge in [0.2, 0.25) is 5.82 Å². The average Bonchev–Trinajstić information content (AvgIpc) is 3.47. The molecule has 0 aliphatic carbocycles. The third-order valence-corrected chi connectivity index (χ3v) is 5.54. The molecule has 8 heteroatoms. The average molecular weight is 386 g/mol. The molecular formula is C20H31N7O. The molecule has 2 fully saturated rings. The maximum Gasteiger partial charge on any atom is 0.216 e. The Bertz CT molecular complexity index is 748. The van der Waals surface area contributed by atoms with Gasteiger partial charge in [-0.2, -0.15) is 0 Å². The van der Waals surface area contributed by atoms with E-state index in [1.807, 2.05) is 12.1 Å². The van der Waals surface area contributed by atoms with Crippen molar-refractivity contribution in [1.82, 2.24) is 30.3 Å². The molecular weight excluding hydrogens is 354 g/mol. The summed E-state index contributed by atoms with van der Waals surface area (Å²) in [4.78, 5) is 14.3. The molecule has 28 heavy (non-hydrogen) atoms. The number of hydrogen-bond donors (Lipinski definition) is 2. The summed E-state index contributed by atoms with van der Waals surface area (Å²) in [7, 11) is 0. The highest BCUT2D eigenvalue weighted by molar-refractivity contribution is 5.80. The molecule has 0 spiro atoms. The van der Waals surface area contributed by atoms with Gasteiger partial charge in [0.1, 0.15) is 12.4 Å². The van der Waals surface area contributed by atoms with Crippen LogP contribution in [0.4, 0.5) is 0 Å². The van der Waals surface area contributed by atoms with Crippen molar-refractivity contribution in [3.05, 3.63) is 24.2 Å². The van der Waals surface area contributed by atoms with Crippen LogP contribution in [0.15, 0.2) is 27.8 Å². The predicted octanol–water partition coefficient (Wildman–Crippen LogP) is 2.34. The summed E-state index contributed by atoms with van der Waals surface area (Å²) in [6, 6.07) is 3.69. The molecule has 2 aromatic rings. The quantitative estimate of drug-likeness (QED) is 0.586. The van der Waals surface area contributed by atoms with E-state index in [0.717, 1.165) is 37.3 Å². The minimum Gasteiger partial charge on any atom is -0.461 e. The monoisotopic (exact) mass is 385 g/mol. The second-order valence-electron chi connectivity index (χ2n) is 7.72. The van der Waals surface area contributed by atoms with Gasteiger partial charge >= 0.3 is 0 Å². The number of aromatic amines is 1. The van der Waals surface area contributed by atoms with E-state index in [1.165, 1.54) is 45.3 Å². The Morgan fingerprint density at radius 2 is 2.21 bits per heavy atom. The third kappa shape index (κ3) is 4.73. The van der Waals surface area contributed by atoms with Crippen LogP contribution in [0.1, 0.15) is 38.4 Å². The number of hydrogen-bond acceptors (Lipinski definition) is 5. The number of likely N-dealkylation sites (tertiary alicyclic amines) is 2. The highest BCUT2D eigenvalue weighted by Gasteiger charge is 2.27. The summed E-state index contributed by atoms with van der Waals surface area (Å²) in [5.41, 5.74) is 0. The Labute approximate surface area is 166 Å². The minimum atomic E-state index is 0.476. The van der Waals surface area contributed by atoms with Crippen molar-refractivity contribution < 1.29 is 4.42 Å². The van der Waals surface area contributed by atoms with Gasteiger partial charge in [-0.1, -0.05) is 6.42 Å². The molecule has 8 nitrogen and oxygen atoms in total. The van der Waals surface area contributed by atoms with E-state index in [0.29, 0.717) is 18.1 Å². The fraction of sp³-hybridized carbons (Fsp3) is 0.650. The van der Waals surface area contributed by atoms with Gasteiger partial charge in [0.05, 0.1) is 6.26 Å². The van der Waals surface area contributed by atoms with E-state index < -0.39 is 0 Å². The van der Waals surface area contributed by atoms with Crippen molar-refractivity contribution in [2.24, 2.45) is 10.9 Å². The van der Waals surface area contributed by atoms with Gasteiger partial charge in [0.25, 0.3) is 0 Å². The number of piperidine rings is 1. The van der Waals surface area contributed by atoms with Crippen molar-refractivity contribution in [1.29, 1.82) is 0 Å². The van der Waals surface area contributed by atoms with Crippen LogP contribution in [0.3, 0.4) is 0 Å². The smallest absolute Gasteiger partial charge is 0.216 e. The van der Waals surface area contributed by atoms with E-state index in [1.54, 1.807) is 6.26 Å². The summed E-state index contributed by atoms with van der Waals surface area (Å²) in [6.07, 6.45) is 6.98. The molecule has 2 aliphatic heterocycles. The van der Waals surface area contributed by atoms with E-state index in [4.69, 9.17) is 9.41 Å². The summed E-state index contributed by atoms with van der Waals surface area (Å²) in [6.45, 7) is 9.37. The number of nitrogens with one attached hydrogen (secondary N) is 2. The molecule has 152 valence electrons. The van der Waals surface area contributed by atoms with Gasteiger partial charge in [-0.3, -0.25) is 5.10 Å². The molecule has 2 N–H and O–H groups in total. The molecule has 0 aromatic carbocycles. The zero-order chi connectivity index (χ0) is 19.2. The maximum atomic E-state index is 5.35. The molecule has 0 bridgehead atoms. The number of furan rings is 1. The lowest BCUT2D eigenvalue weighted by molar-refractivity contribution is 0.198. The molecule has 2 aliphatic rings. The van der Waals surface area contributed by atoms with E-state index in [9.17, 15) is 0 Å². The first kappa shape index (κ1) is 19.0. The normalized spacial score (nSPS) is 21.4. The molecule has 2 aromatic heterocycles. The zero-order valence-electron chi connectivity index (χ0n) is 16.7. The second kappa shape index (κ2) is 9.23. The van der Waals surface area contributed by atoms with Gasteiger partial charge < -0.3 is 19.5 Å². The molecule has 4 rings (SSSR count). The number of aromatic nitrogens is 3. The lowest BCUT2D eigenvalue weighted by atomic mass is 10.1. The number of H-pyrrole nitrogens is 1. The van der Waals surface area contributed by atoms with Crippen LogP contribution < -0.4 is 5.32 Å². The first-order chi connectivity index (χ1) is 13.8. The molecule has 0 saturated carbocycles. The van der Waals surface area contributed by atoms with Crippen LogP contribution in [0.5, 0.6) is 0 Å². The topological polar surface area (TPSA) is 85.6 Å². The lowest BCUT2D eigenvalue weighted by Gasteiger charge is -2.29. The number of nitrogens with zero attached hydrogens (tertiary/aromatic N) is 5. The zero-order valence-corrected chi connectivity index (χ0v) is 16.7. The molecule has 1 unspecified atom stereocenters. The Kier molecular flexibility index (Phi) is 6.26. The SMILES string of the molecule is CCNC(=NCc1nc(-c2ccco2)n[nH]1)N1CCC(CN2CCCCC2)C1. The van der Waals surface area contributed by atoms with Gasteiger partial charge in [-0.25, -0.2) is 9.98 Å². The molecule has 2 saturated heterocycles. The van der Waals surface area contributed by atoms with Crippen LogP contribution in [0.25, 0.3) is 11.6 Å². The summed E-state index contributed by atoms with van der Waals surface area (Å²) < 4.78 is 5.35. The summed E-state index contributed by atoms with van der Waals surface area (Å²) in [5, 5.41) is 10.6. The van der Waals surface area contributed by atoms with E-state index in [2.05, 4.69) is 37.2 Å². The Balaban J connectivity index is 1.34. The van der Waals surface area contributed by atoms with Crippen molar-refractivity contribution in [3.63, 3.8) is 0 Å². The highest BCUT2D eigenvalue weighted by Crippen LogP contribution is 2.20. The third-order valence-electron chi connectivity index (χ3n) is 5.54. The van der Waals surface area contributed by atoms with Crippen molar-refractivity contribution in [2.45, 2.75) is 39.2 Å². The summed E-state index contributed by atoms with van der Waals surface area (Å²) >= 11 is 0. The second-order valence-corrected chi connectivity index (χ2v) is 7.72. The van der Waals surface area contributed by atoms with E-state index >= 15 is 0 Å². The number of aliphatic imine (C=N–C) groups is 1. The fourth-order valence-electron chi connectivity index (χ4n) is 4.14. The Hall–Kier alpha value is -2.35. The molecule has 4 heterocycles. The first-order valence-electron chi connectivity index (χ1n) is 10.5. The van der Waals surface area contributed by atoms with Gasteiger partial charge in [0.15, 0.2) is 11.7 Å². The largest absolute Gasteiger partial charge is 0.461 e. The molecule has 1 atom stereocenters. The van der Waals surface area contributed by atoms with Crippen LogP contribution >= 0.6 is 0 Å². The number of guanidine groups is 1. The lowest BCUT2D eigenvalue weighted by Crippen LogP contribution is -2.41. The van der Waals surface area contributed by atoms with Crippen LogP contribution in [0, 0.1) is 5.92 Å². The molecule has 0 amide bonds. The van der Waals surface area contributed by atoms with E-state index in [-0.39, 0.29) is 0 Å².